The molecular weight excluding hydrogens is 382 g/mol. The largest absolute Gasteiger partial charge is 0.392 e. The number of amides is 3. The molecule has 4 N–H and O–H groups in total. The minimum atomic E-state index is -0.945. The van der Waals surface area contributed by atoms with Crippen molar-refractivity contribution in [2.75, 3.05) is 0 Å². The van der Waals surface area contributed by atoms with Crippen molar-refractivity contribution < 1.29 is 19.5 Å². The number of halogens is 1. The van der Waals surface area contributed by atoms with Crippen LogP contribution in [0.15, 0.2) is 42.5 Å². The van der Waals surface area contributed by atoms with Gasteiger partial charge in [0.25, 0.3) is 5.91 Å². The number of nitrogens with zero attached hydrogens (tertiary/aromatic N) is 1. The Morgan fingerprint density at radius 1 is 1.14 bits per heavy atom. The van der Waals surface area contributed by atoms with Crippen LogP contribution in [-0.4, -0.2) is 27.5 Å². The van der Waals surface area contributed by atoms with Gasteiger partial charge in [-0.2, -0.15) is 0 Å². The third-order valence-corrected chi connectivity index (χ3v) is 4.73. The van der Waals surface area contributed by atoms with Gasteiger partial charge in [-0.25, -0.2) is 4.79 Å². The first-order valence-electron chi connectivity index (χ1n) is 8.45. The monoisotopic (exact) mass is 399 g/mol. The average Bonchev–Trinajstić information content (AvgIpc) is 2.92. The summed E-state index contributed by atoms with van der Waals surface area (Å²) in [6.07, 6.45) is -0.138. The Morgan fingerprint density at radius 3 is 2.43 bits per heavy atom. The highest BCUT2D eigenvalue weighted by Crippen LogP contribution is 2.29. The van der Waals surface area contributed by atoms with E-state index in [-0.39, 0.29) is 18.9 Å². The number of carbonyl (C=O) groups is 3. The maximum absolute atomic E-state index is 13.1. The minimum absolute atomic E-state index is 0.138. The number of aliphatic hydroxyl groups is 1. The summed E-state index contributed by atoms with van der Waals surface area (Å²) < 4.78 is 1.51. The van der Waals surface area contributed by atoms with Crippen molar-refractivity contribution >= 4 is 40.3 Å². The Morgan fingerprint density at radius 2 is 1.82 bits per heavy atom. The molecule has 7 nitrogen and oxygen atoms in total. The molecule has 3 amide bonds. The van der Waals surface area contributed by atoms with Crippen LogP contribution in [0.25, 0.3) is 10.9 Å². The van der Waals surface area contributed by atoms with E-state index in [4.69, 9.17) is 17.3 Å². The Labute approximate surface area is 165 Å². The molecule has 0 radical (unpaired) electrons. The first kappa shape index (κ1) is 19.6. The molecule has 28 heavy (non-hydrogen) atoms. The second kappa shape index (κ2) is 7.84. The van der Waals surface area contributed by atoms with Crippen molar-refractivity contribution in [3.63, 3.8) is 0 Å². The fourth-order valence-electron chi connectivity index (χ4n) is 3.18. The maximum atomic E-state index is 13.1. The molecule has 0 unspecified atom stereocenters. The molecule has 144 valence electrons. The third-order valence-electron chi connectivity index (χ3n) is 4.48. The van der Waals surface area contributed by atoms with Crippen LogP contribution in [0.5, 0.6) is 0 Å². The van der Waals surface area contributed by atoms with Gasteiger partial charge in [0.1, 0.15) is 0 Å². The van der Waals surface area contributed by atoms with Crippen molar-refractivity contribution in [2.45, 2.75) is 20.0 Å². The average molecular weight is 400 g/mol. The van der Waals surface area contributed by atoms with Gasteiger partial charge in [-0.3, -0.25) is 19.5 Å². The van der Waals surface area contributed by atoms with Gasteiger partial charge in [0.05, 0.1) is 18.5 Å². The fraction of sp³-hybridized carbons (Fsp3) is 0.150. The molecule has 2 aromatic carbocycles. The molecule has 1 aromatic heterocycles. The van der Waals surface area contributed by atoms with Crippen LogP contribution in [0.3, 0.4) is 0 Å². The molecule has 1 heterocycles. The Kier molecular flexibility index (Phi) is 5.48. The maximum Gasteiger partial charge on any atom is 0.318 e. The number of urea groups is 1. The van der Waals surface area contributed by atoms with Crippen LogP contribution in [0.2, 0.25) is 5.02 Å². The zero-order valence-electron chi connectivity index (χ0n) is 15.0. The number of nitrogens with one attached hydrogen (secondary N) is 1. The normalized spacial score (nSPS) is 10.8. The lowest BCUT2D eigenvalue weighted by atomic mass is 10.1. The van der Waals surface area contributed by atoms with Gasteiger partial charge < -0.3 is 10.8 Å². The van der Waals surface area contributed by atoms with Gasteiger partial charge in [0.15, 0.2) is 0 Å². The number of hydrogen-bond acceptors (Lipinski definition) is 4. The number of imide groups is 1. The van der Waals surface area contributed by atoms with E-state index in [0.29, 0.717) is 38.3 Å². The van der Waals surface area contributed by atoms with Crippen molar-refractivity contribution in [3.8, 4) is 0 Å². The highest BCUT2D eigenvalue weighted by Gasteiger charge is 2.22. The number of aromatic nitrogens is 1. The molecule has 8 heteroatoms. The summed E-state index contributed by atoms with van der Waals surface area (Å²) >= 11 is 5.90. The van der Waals surface area contributed by atoms with E-state index >= 15 is 0 Å². The number of aliphatic hydroxyl groups excluding tert-OH is 1. The van der Waals surface area contributed by atoms with E-state index in [1.807, 2.05) is 5.32 Å². The summed E-state index contributed by atoms with van der Waals surface area (Å²) in [4.78, 5) is 36.2. The third kappa shape index (κ3) is 3.76. The van der Waals surface area contributed by atoms with Crippen molar-refractivity contribution in [2.24, 2.45) is 5.73 Å². The van der Waals surface area contributed by atoms with Crippen LogP contribution in [0, 0.1) is 6.92 Å². The standard InChI is InChI=1S/C20H18ClN3O4/c1-11-15(9-18(26)23-20(22)28)16-8-12(10-25)2-7-17(16)24(11)19(27)13-3-5-14(21)6-4-13/h2-8,25H,9-10H2,1H3,(H3,22,23,26,28). The van der Waals surface area contributed by atoms with Crippen molar-refractivity contribution in [3.05, 3.63) is 69.9 Å². The molecule has 0 fully saturated rings. The SMILES string of the molecule is Cc1c(CC(=O)NC(N)=O)c2cc(CO)ccc2n1C(=O)c1ccc(Cl)cc1. The predicted molar refractivity (Wildman–Crippen MR) is 105 cm³/mol. The van der Waals surface area contributed by atoms with E-state index in [1.165, 1.54) is 4.57 Å². The summed E-state index contributed by atoms with van der Waals surface area (Å²) in [7, 11) is 0. The quantitative estimate of drug-likeness (QED) is 0.625. The lowest BCUT2D eigenvalue weighted by molar-refractivity contribution is -0.119. The number of primary amides is 1. The molecule has 0 bridgehead atoms. The van der Waals surface area contributed by atoms with Gasteiger partial charge in [0, 0.05) is 21.7 Å². The molecule has 0 aliphatic rings. The lowest BCUT2D eigenvalue weighted by Crippen LogP contribution is -2.36. The zero-order valence-corrected chi connectivity index (χ0v) is 15.8. The molecule has 0 saturated heterocycles. The molecular formula is C20H18ClN3O4. The number of fused-ring (bicyclic) bond motifs is 1. The summed E-state index contributed by atoms with van der Waals surface area (Å²) in [5, 5.41) is 12.6. The molecule has 0 spiro atoms. The van der Waals surface area contributed by atoms with Crippen LogP contribution in [0.4, 0.5) is 4.79 Å². The number of carbonyl (C=O) groups excluding carboxylic acids is 3. The van der Waals surface area contributed by atoms with Crippen molar-refractivity contribution in [1.29, 1.82) is 0 Å². The smallest absolute Gasteiger partial charge is 0.318 e. The van der Waals surface area contributed by atoms with E-state index in [2.05, 4.69) is 0 Å². The Bertz CT molecular complexity index is 1090. The first-order chi connectivity index (χ1) is 13.3. The molecule has 0 aliphatic heterocycles. The Hall–Kier alpha value is -3.16. The van der Waals surface area contributed by atoms with Gasteiger partial charge in [-0.1, -0.05) is 17.7 Å². The van der Waals surface area contributed by atoms with Gasteiger partial charge in [0.2, 0.25) is 5.91 Å². The first-order valence-corrected chi connectivity index (χ1v) is 8.83. The number of benzene rings is 2. The number of nitrogens with two attached hydrogens (primary N) is 1. The highest BCUT2D eigenvalue weighted by atomic mass is 35.5. The summed E-state index contributed by atoms with van der Waals surface area (Å²) in [6, 6.07) is 10.7. The Balaban J connectivity index is 2.16. The fourth-order valence-corrected chi connectivity index (χ4v) is 3.30. The summed E-state index contributed by atoms with van der Waals surface area (Å²) in [5.74, 6) is -0.861. The van der Waals surface area contributed by atoms with Crippen LogP contribution in [0.1, 0.15) is 27.2 Å². The second-order valence-corrected chi connectivity index (χ2v) is 6.75. The van der Waals surface area contributed by atoms with Gasteiger partial charge >= 0.3 is 6.03 Å². The van der Waals surface area contributed by atoms with Crippen LogP contribution in [-0.2, 0) is 17.8 Å². The molecule has 3 rings (SSSR count). The van der Waals surface area contributed by atoms with E-state index in [1.54, 1.807) is 49.4 Å². The summed E-state index contributed by atoms with van der Waals surface area (Å²) in [5.41, 5.74) is 7.81. The summed E-state index contributed by atoms with van der Waals surface area (Å²) in [6.45, 7) is 1.54. The molecule has 3 aromatic rings. The topological polar surface area (TPSA) is 114 Å². The van der Waals surface area contributed by atoms with Gasteiger partial charge in [-0.15, -0.1) is 0 Å². The van der Waals surface area contributed by atoms with E-state index < -0.39 is 11.9 Å². The lowest BCUT2D eigenvalue weighted by Gasteiger charge is -2.08. The second-order valence-electron chi connectivity index (χ2n) is 6.31. The molecule has 0 saturated carbocycles. The predicted octanol–water partition coefficient (Wildman–Crippen LogP) is 2.52. The van der Waals surface area contributed by atoms with E-state index in [9.17, 15) is 19.5 Å². The minimum Gasteiger partial charge on any atom is -0.392 e. The molecule has 0 atom stereocenters. The van der Waals surface area contributed by atoms with Gasteiger partial charge in [-0.05, 0) is 54.4 Å². The van der Waals surface area contributed by atoms with Crippen LogP contribution >= 0.6 is 11.6 Å². The number of rotatable bonds is 4. The number of hydrogen-bond donors (Lipinski definition) is 3. The van der Waals surface area contributed by atoms with Crippen LogP contribution < -0.4 is 11.1 Å². The molecule has 0 aliphatic carbocycles. The highest BCUT2D eigenvalue weighted by molar-refractivity contribution is 6.30. The van der Waals surface area contributed by atoms with Crippen molar-refractivity contribution in [1.82, 2.24) is 9.88 Å². The van der Waals surface area contributed by atoms with E-state index in [0.717, 1.165) is 0 Å². The zero-order chi connectivity index (χ0) is 20.4.